The summed E-state index contributed by atoms with van der Waals surface area (Å²) < 4.78 is 0. The molecule has 1 aromatic heterocycles. The molecular formula is C11H18N6O3. The van der Waals surface area contributed by atoms with Crippen LogP contribution in [0.4, 0.5) is 10.7 Å². The van der Waals surface area contributed by atoms with Gasteiger partial charge in [0, 0.05) is 13.1 Å². The number of carbonyl (C=O) groups is 2. The summed E-state index contributed by atoms with van der Waals surface area (Å²) in [6.45, 7) is 2.69. The number of amides is 2. The van der Waals surface area contributed by atoms with Crippen molar-refractivity contribution in [3.05, 3.63) is 0 Å². The van der Waals surface area contributed by atoms with Crippen molar-refractivity contribution in [2.75, 3.05) is 18.4 Å². The minimum Gasteiger partial charge on any atom is -0.481 e. The van der Waals surface area contributed by atoms with Gasteiger partial charge in [-0.05, 0) is 24.5 Å². The van der Waals surface area contributed by atoms with E-state index in [9.17, 15) is 14.7 Å². The van der Waals surface area contributed by atoms with Gasteiger partial charge in [0.1, 0.15) is 0 Å². The summed E-state index contributed by atoms with van der Waals surface area (Å²) in [4.78, 5) is 26.1. The highest BCUT2D eigenvalue weighted by Crippen LogP contribution is 2.35. The van der Waals surface area contributed by atoms with Gasteiger partial charge in [0.25, 0.3) is 5.95 Å². The Bertz CT molecular complexity index is 506. The van der Waals surface area contributed by atoms with Crippen molar-refractivity contribution >= 4 is 17.9 Å². The number of anilines is 1. The molecule has 1 saturated heterocycles. The number of aromatic nitrogens is 4. The SMILES string of the molecule is CCC1(C(=O)O)CCN(C(=O)Nc2nnn(C)n2)CC1. The lowest BCUT2D eigenvalue weighted by molar-refractivity contribution is -0.151. The molecule has 0 unspecified atom stereocenters. The van der Waals surface area contributed by atoms with Gasteiger partial charge in [0.2, 0.25) is 0 Å². The summed E-state index contributed by atoms with van der Waals surface area (Å²) in [5.41, 5.74) is -0.707. The summed E-state index contributed by atoms with van der Waals surface area (Å²) in [7, 11) is 1.60. The van der Waals surface area contributed by atoms with Crippen LogP contribution in [0.15, 0.2) is 0 Å². The maximum absolute atomic E-state index is 12.0. The molecule has 1 fully saturated rings. The van der Waals surface area contributed by atoms with Crippen LogP contribution < -0.4 is 5.32 Å². The van der Waals surface area contributed by atoms with Crippen LogP contribution in [0.5, 0.6) is 0 Å². The topological polar surface area (TPSA) is 113 Å². The summed E-state index contributed by atoms with van der Waals surface area (Å²) in [5, 5.41) is 23.0. The number of aliphatic carboxylic acids is 1. The van der Waals surface area contributed by atoms with Crippen molar-refractivity contribution in [1.29, 1.82) is 0 Å². The van der Waals surface area contributed by atoms with E-state index in [0.717, 1.165) is 0 Å². The third-order valence-corrected chi connectivity index (χ3v) is 3.87. The summed E-state index contributed by atoms with van der Waals surface area (Å²) in [6, 6.07) is -0.326. The zero-order valence-corrected chi connectivity index (χ0v) is 11.5. The van der Waals surface area contributed by atoms with Crippen molar-refractivity contribution in [2.24, 2.45) is 12.5 Å². The zero-order valence-electron chi connectivity index (χ0n) is 11.5. The van der Waals surface area contributed by atoms with Gasteiger partial charge in [0.05, 0.1) is 12.5 Å². The fourth-order valence-corrected chi connectivity index (χ4v) is 2.37. The number of carboxylic acid groups (broad SMARTS) is 1. The van der Waals surface area contributed by atoms with E-state index in [1.165, 1.54) is 4.80 Å². The second-order valence-electron chi connectivity index (χ2n) is 4.96. The van der Waals surface area contributed by atoms with Gasteiger partial charge in [-0.1, -0.05) is 12.0 Å². The Morgan fingerprint density at radius 1 is 1.40 bits per heavy atom. The minimum absolute atomic E-state index is 0.142. The number of tetrazole rings is 1. The Hall–Kier alpha value is -2.19. The van der Waals surface area contributed by atoms with E-state index >= 15 is 0 Å². The summed E-state index contributed by atoms with van der Waals surface area (Å²) >= 11 is 0. The van der Waals surface area contributed by atoms with Gasteiger partial charge in [-0.3, -0.25) is 10.1 Å². The van der Waals surface area contributed by atoms with Crippen molar-refractivity contribution in [2.45, 2.75) is 26.2 Å². The predicted molar refractivity (Wildman–Crippen MR) is 69.0 cm³/mol. The Morgan fingerprint density at radius 2 is 2.05 bits per heavy atom. The van der Waals surface area contributed by atoms with Gasteiger partial charge in [0.15, 0.2) is 0 Å². The summed E-state index contributed by atoms with van der Waals surface area (Å²) in [6.07, 6.45) is 1.49. The first kappa shape index (κ1) is 14.2. The number of piperidine rings is 1. The molecular weight excluding hydrogens is 264 g/mol. The number of hydrogen-bond acceptors (Lipinski definition) is 5. The number of rotatable bonds is 3. The van der Waals surface area contributed by atoms with E-state index in [4.69, 9.17) is 0 Å². The molecule has 110 valence electrons. The molecule has 0 radical (unpaired) electrons. The van der Waals surface area contributed by atoms with Gasteiger partial charge in [-0.25, -0.2) is 4.79 Å². The highest BCUT2D eigenvalue weighted by Gasteiger charge is 2.40. The molecule has 9 heteroatoms. The van der Waals surface area contributed by atoms with Crippen molar-refractivity contribution in [3.63, 3.8) is 0 Å². The van der Waals surface area contributed by atoms with E-state index in [1.807, 2.05) is 6.92 Å². The Kier molecular flexibility index (Phi) is 3.86. The van der Waals surface area contributed by atoms with E-state index in [1.54, 1.807) is 11.9 Å². The van der Waals surface area contributed by atoms with Gasteiger partial charge < -0.3 is 10.0 Å². The lowest BCUT2D eigenvalue weighted by Crippen LogP contribution is -2.47. The number of carbonyl (C=O) groups excluding carboxylic acids is 1. The highest BCUT2D eigenvalue weighted by molar-refractivity contribution is 5.87. The first-order valence-electron chi connectivity index (χ1n) is 6.50. The number of hydrogen-bond donors (Lipinski definition) is 2. The molecule has 2 amide bonds. The van der Waals surface area contributed by atoms with Crippen LogP contribution in [0.2, 0.25) is 0 Å². The maximum Gasteiger partial charge on any atom is 0.324 e. The standard InChI is InChI=1S/C11H18N6O3/c1-3-11(8(18)19)4-6-17(7-5-11)10(20)12-9-13-15-16(2)14-9/h3-7H2,1-2H3,(H,18,19)(H,12,14,20). The largest absolute Gasteiger partial charge is 0.481 e. The first-order valence-corrected chi connectivity index (χ1v) is 6.50. The predicted octanol–water partition coefficient (Wildman–Crippen LogP) is 0.319. The van der Waals surface area contributed by atoms with Crippen LogP contribution in [0.3, 0.4) is 0 Å². The van der Waals surface area contributed by atoms with Crippen LogP contribution in [0, 0.1) is 5.41 Å². The molecule has 0 spiro atoms. The number of carboxylic acids is 1. The van der Waals surface area contributed by atoms with Crippen molar-refractivity contribution in [1.82, 2.24) is 25.1 Å². The first-order chi connectivity index (χ1) is 9.47. The third-order valence-electron chi connectivity index (χ3n) is 3.87. The molecule has 0 aliphatic carbocycles. The smallest absolute Gasteiger partial charge is 0.324 e. The van der Waals surface area contributed by atoms with E-state index in [-0.39, 0.29) is 12.0 Å². The number of urea groups is 1. The van der Waals surface area contributed by atoms with Gasteiger partial charge in [-0.15, -0.1) is 5.10 Å². The fraction of sp³-hybridized carbons (Fsp3) is 0.727. The lowest BCUT2D eigenvalue weighted by atomic mass is 9.76. The van der Waals surface area contributed by atoms with E-state index in [2.05, 4.69) is 20.7 Å². The van der Waals surface area contributed by atoms with Gasteiger partial charge in [-0.2, -0.15) is 4.80 Å². The molecule has 2 heterocycles. The normalized spacial score (nSPS) is 17.8. The van der Waals surface area contributed by atoms with Crippen molar-refractivity contribution in [3.8, 4) is 0 Å². The molecule has 1 aromatic rings. The number of nitrogens with zero attached hydrogens (tertiary/aromatic N) is 5. The minimum atomic E-state index is -0.782. The quantitative estimate of drug-likeness (QED) is 0.825. The molecule has 2 rings (SSSR count). The number of aryl methyl sites for hydroxylation is 1. The Labute approximate surface area is 115 Å². The van der Waals surface area contributed by atoms with Crippen LogP contribution in [0.1, 0.15) is 26.2 Å². The monoisotopic (exact) mass is 282 g/mol. The van der Waals surface area contributed by atoms with Crippen molar-refractivity contribution < 1.29 is 14.7 Å². The van der Waals surface area contributed by atoms with Crippen LogP contribution in [-0.4, -0.2) is 55.3 Å². The Balaban J connectivity index is 1.93. The third kappa shape index (κ3) is 2.70. The van der Waals surface area contributed by atoms with Crippen LogP contribution >= 0.6 is 0 Å². The van der Waals surface area contributed by atoms with Crippen LogP contribution in [-0.2, 0) is 11.8 Å². The molecule has 0 saturated carbocycles. The Morgan fingerprint density at radius 3 is 2.50 bits per heavy atom. The maximum atomic E-state index is 12.0. The summed E-state index contributed by atoms with van der Waals surface area (Å²) in [5.74, 6) is -0.640. The van der Waals surface area contributed by atoms with E-state index < -0.39 is 11.4 Å². The fourth-order valence-electron chi connectivity index (χ4n) is 2.37. The average molecular weight is 282 g/mol. The highest BCUT2D eigenvalue weighted by atomic mass is 16.4. The molecule has 0 bridgehead atoms. The number of likely N-dealkylation sites (tertiary alicyclic amines) is 1. The van der Waals surface area contributed by atoms with E-state index in [0.29, 0.717) is 32.4 Å². The van der Waals surface area contributed by atoms with Gasteiger partial charge >= 0.3 is 12.0 Å². The second kappa shape index (κ2) is 5.43. The molecule has 1 aliphatic rings. The molecule has 9 nitrogen and oxygen atoms in total. The average Bonchev–Trinajstić information content (AvgIpc) is 2.84. The molecule has 2 N–H and O–H groups in total. The molecule has 1 aliphatic heterocycles. The molecule has 20 heavy (non-hydrogen) atoms. The molecule has 0 aromatic carbocycles. The molecule has 0 atom stereocenters. The lowest BCUT2D eigenvalue weighted by Gasteiger charge is -2.38. The number of nitrogens with one attached hydrogen (secondary N) is 1. The second-order valence-corrected chi connectivity index (χ2v) is 4.96. The van der Waals surface area contributed by atoms with Crippen LogP contribution in [0.25, 0.3) is 0 Å². The zero-order chi connectivity index (χ0) is 14.8.